The molecule has 0 aliphatic carbocycles. The highest BCUT2D eigenvalue weighted by atomic mass is 32.2. The molecule has 108 valence electrons. The van der Waals surface area contributed by atoms with Crippen molar-refractivity contribution in [2.75, 3.05) is 0 Å². The number of benzene rings is 1. The Bertz CT molecular complexity index is 510. The lowest BCUT2D eigenvalue weighted by Gasteiger charge is -2.20. The maximum absolute atomic E-state index is 12.2. The summed E-state index contributed by atoms with van der Waals surface area (Å²) in [5.41, 5.74) is 1.16. The molecule has 19 heavy (non-hydrogen) atoms. The average molecular weight is 283 g/mol. The van der Waals surface area contributed by atoms with E-state index in [0.29, 0.717) is 4.90 Å². The van der Waals surface area contributed by atoms with Gasteiger partial charge in [-0.05, 0) is 36.0 Å². The van der Waals surface area contributed by atoms with E-state index in [1.807, 2.05) is 32.9 Å². The van der Waals surface area contributed by atoms with E-state index in [4.69, 9.17) is 0 Å². The lowest BCUT2D eigenvalue weighted by atomic mass is 9.87. The van der Waals surface area contributed by atoms with Crippen LogP contribution in [0.4, 0.5) is 0 Å². The first-order chi connectivity index (χ1) is 8.54. The van der Waals surface area contributed by atoms with Crippen LogP contribution in [0.15, 0.2) is 29.2 Å². The second-order valence-electron chi connectivity index (χ2n) is 6.43. The van der Waals surface area contributed by atoms with E-state index < -0.39 is 10.0 Å². The SMILES string of the molecule is CC(C)C(C)NS(=O)(=O)c1ccc(C(C)(C)C)cc1. The van der Waals surface area contributed by atoms with Gasteiger partial charge in [0, 0.05) is 6.04 Å². The van der Waals surface area contributed by atoms with Crippen molar-refractivity contribution in [2.45, 2.75) is 57.9 Å². The lowest BCUT2D eigenvalue weighted by molar-refractivity contribution is 0.476. The Morgan fingerprint density at radius 2 is 1.47 bits per heavy atom. The summed E-state index contributed by atoms with van der Waals surface area (Å²) in [6.45, 7) is 12.2. The quantitative estimate of drug-likeness (QED) is 0.921. The average Bonchev–Trinajstić information content (AvgIpc) is 2.27. The minimum absolute atomic E-state index is 0.0287. The highest BCUT2D eigenvalue weighted by Crippen LogP contribution is 2.23. The van der Waals surface area contributed by atoms with Crippen LogP contribution in [0.1, 0.15) is 47.1 Å². The van der Waals surface area contributed by atoms with Gasteiger partial charge in [0.15, 0.2) is 0 Å². The Kier molecular flexibility index (Phi) is 4.80. The second-order valence-corrected chi connectivity index (χ2v) is 8.14. The van der Waals surface area contributed by atoms with Crippen LogP contribution >= 0.6 is 0 Å². The molecule has 0 spiro atoms. The number of hydrogen-bond donors (Lipinski definition) is 1. The van der Waals surface area contributed by atoms with Gasteiger partial charge in [-0.3, -0.25) is 0 Å². The number of nitrogens with one attached hydrogen (secondary N) is 1. The molecule has 1 aromatic rings. The fourth-order valence-electron chi connectivity index (χ4n) is 1.58. The van der Waals surface area contributed by atoms with Crippen molar-refractivity contribution in [3.63, 3.8) is 0 Å². The first-order valence-electron chi connectivity index (χ1n) is 6.67. The van der Waals surface area contributed by atoms with Crippen LogP contribution in [0, 0.1) is 5.92 Å². The molecular weight excluding hydrogens is 258 g/mol. The molecule has 1 atom stereocenters. The van der Waals surface area contributed by atoms with Gasteiger partial charge >= 0.3 is 0 Å². The smallest absolute Gasteiger partial charge is 0.208 e. The van der Waals surface area contributed by atoms with Crippen LogP contribution in [0.25, 0.3) is 0 Å². The number of hydrogen-bond acceptors (Lipinski definition) is 2. The van der Waals surface area contributed by atoms with Crippen molar-refractivity contribution in [1.82, 2.24) is 4.72 Å². The van der Waals surface area contributed by atoms with E-state index in [0.717, 1.165) is 5.56 Å². The third-order valence-electron chi connectivity index (χ3n) is 3.37. The second kappa shape index (κ2) is 5.63. The first kappa shape index (κ1) is 16.2. The van der Waals surface area contributed by atoms with Crippen molar-refractivity contribution in [2.24, 2.45) is 5.92 Å². The van der Waals surface area contributed by atoms with E-state index in [-0.39, 0.29) is 17.4 Å². The van der Waals surface area contributed by atoms with Crippen LogP contribution in [0.5, 0.6) is 0 Å². The Labute approximate surface area is 117 Å². The largest absolute Gasteiger partial charge is 0.240 e. The maximum atomic E-state index is 12.2. The zero-order chi connectivity index (χ0) is 14.8. The van der Waals surface area contributed by atoms with Crippen LogP contribution in [0.3, 0.4) is 0 Å². The van der Waals surface area contributed by atoms with Gasteiger partial charge in [0.2, 0.25) is 10.0 Å². The zero-order valence-corrected chi connectivity index (χ0v) is 13.5. The van der Waals surface area contributed by atoms with E-state index in [9.17, 15) is 8.42 Å². The molecular formula is C15H25NO2S. The van der Waals surface area contributed by atoms with Gasteiger partial charge in [0.1, 0.15) is 0 Å². The van der Waals surface area contributed by atoms with Gasteiger partial charge in [-0.1, -0.05) is 46.8 Å². The molecule has 0 aromatic heterocycles. The summed E-state index contributed by atoms with van der Waals surface area (Å²) in [6, 6.07) is 7.04. The summed E-state index contributed by atoms with van der Waals surface area (Å²) in [7, 11) is -3.42. The standard InChI is InChI=1S/C15H25NO2S/c1-11(2)12(3)16-19(17,18)14-9-7-13(8-10-14)15(4,5)6/h7-12,16H,1-6H3. The summed E-state index contributed by atoms with van der Waals surface area (Å²) in [5, 5.41) is 0. The van der Waals surface area contributed by atoms with Crippen LogP contribution in [0.2, 0.25) is 0 Å². The van der Waals surface area contributed by atoms with Gasteiger partial charge in [0.05, 0.1) is 4.90 Å². The Hall–Kier alpha value is -0.870. The van der Waals surface area contributed by atoms with Crippen molar-refractivity contribution in [1.29, 1.82) is 0 Å². The molecule has 1 unspecified atom stereocenters. The number of rotatable bonds is 4. The maximum Gasteiger partial charge on any atom is 0.240 e. The van der Waals surface area contributed by atoms with Gasteiger partial charge in [-0.25, -0.2) is 13.1 Å². The van der Waals surface area contributed by atoms with Gasteiger partial charge in [0.25, 0.3) is 0 Å². The summed E-state index contributed by atoms with van der Waals surface area (Å²) in [4.78, 5) is 0.327. The van der Waals surface area contributed by atoms with E-state index in [1.54, 1.807) is 12.1 Å². The molecule has 0 aliphatic heterocycles. The zero-order valence-electron chi connectivity index (χ0n) is 12.7. The van der Waals surface area contributed by atoms with E-state index in [1.165, 1.54) is 0 Å². The van der Waals surface area contributed by atoms with Crippen molar-refractivity contribution in [3.05, 3.63) is 29.8 Å². The Morgan fingerprint density at radius 3 is 1.84 bits per heavy atom. The number of sulfonamides is 1. The first-order valence-corrected chi connectivity index (χ1v) is 8.15. The van der Waals surface area contributed by atoms with Gasteiger partial charge in [-0.2, -0.15) is 0 Å². The molecule has 0 saturated carbocycles. The predicted molar refractivity (Wildman–Crippen MR) is 79.8 cm³/mol. The Balaban J connectivity index is 2.98. The molecule has 0 radical (unpaired) electrons. The summed E-state index contributed by atoms with van der Waals surface area (Å²) in [6.07, 6.45) is 0. The fourth-order valence-corrected chi connectivity index (χ4v) is 2.98. The van der Waals surface area contributed by atoms with Crippen molar-refractivity contribution in [3.8, 4) is 0 Å². The molecule has 1 N–H and O–H groups in total. The van der Waals surface area contributed by atoms with Crippen LogP contribution in [-0.4, -0.2) is 14.5 Å². The van der Waals surface area contributed by atoms with Gasteiger partial charge < -0.3 is 0 Å². The molecule has 0 fully saturated rings. The third kappa shape index (κ3) is 4.32. The monoisotopic (exact) mass is 283 g/mol. The molecule has 0 heterocycles. The van der Waals surface area contributed by atoms with Crippen molar-refractivity contribution < 1.29 is 8.42 Å². The normalized spacial score (nSPS) is 14.7. The van der Waals surface area contributed by atoms with Crippen LogP contribution < -0.4 is 4.72 Å². The summed E-state index contributed by atoms with van der Waals surface area (Å²) < 4.78 is 27.1. The topological polar surface area (TPSA) is 46.2 Å². The van der Waals surface area contributed by atoms with Crippen LogP contribution in [-0.2, 0) is 15.4 Å². The summed E-state index contributed by atoms with van der Waals surface area (Å²) in [5.74, 6) is 0.267. The minimum Gasteiger partial charge on any atom is -0.208 e. The molecule has 0 aliphatic rings. The van der Waals surface area contributed by atoms with E-state index >= 15 is 0 Å². The minimum atomic E-state index is -3.42. The molecule has 0 saturated heterocycles. The fraction of sp³-hybridized carbons (Fsp3) is 0.600. The van der Waals surface area contributed by atoms with Gasteiger partial charge in [-0.15, -0.1) is 0 Å². The molecule has 3 nitrogen and oxygen atoms in total. The van der Waals surface area contributed by atoms with Crippen molar-refractivity contribution >= 4 is 10.0 Å². The summed E-state index contributed by atoms with van der Waals surface area (Å²) >= 11 is 0. The molecule has 4 heteroatoms. The molecule has 0 bridgehead atoms. The molecule has 1 rings (SSSR count). The highest BCUT2D eigenvalue weighted by molar-refractivity contribution is 7.89. The lowest BCUT2D eigenvalue weighted by Crippen LogP contribution is -2.36. The Morgan fingerprint density at radius 1 is 1.00 bits per heavy atom. The molecule has 1 aromatic carbocycles. The highest BCUT2D eigenvalue weighted by Gasteiger charge is 2.20. The van der Waals surface area contributed by atoms with E-state index in [2.05, 4.69) is 25.5 Å². The third-order valence-corrected chi connectivity index (χ3v) is 4.95. The predicted octanol–water partition coefficient (Wildman–Crippen LogP) is 3.31. The molecule has 0 amide bonds.